The molecular weight excluding hydrogens is 296 g/mol. The molecule has 0 aliphatic heterocycles. The van der Waals surface area contributed by atoms with E-state index in [1.54, 1.807) is 17.5 Å². The van der Waals surface area contributed by atoms with Crippen LogP contribution >= 0.6 is 11.3 Å². The largest absolute Gasteiger partial charge is 0.368 e. The quantitative estimate of drug-likeness (QED) is 0.687. The predicted octanol–water partition coefficient (Wildman–Crippen LogP) is 3.25. The minimum atomic E-state index is -0.144. The Bertz CT molecular complexity index is 557. The van der Waals surface area contributed by atoms with E-state index in [1.807, 2.05) is 29.6 Å². The molecular formula is C16H22N4OS. The van der Waals surface area contributed by atoms with E-state index < -0.39 is 0 Å². The molecule has 2 aromatic heterocycles. The van der Waals surface area contributed by atoms with Crippen LogP contribution in [0.3, 0.4) is 0 Å². The van der Waals surface area contributed by atoms with E-state index in [0.717, 1.165) is 5.82 Å². The fourth-order valence-corrected chi connectivity index (χ4v) is 3.01. The smallest absolute Gasteiger partial charge is 0.315 e. The molecule has 0 saturated carbocycles. The molecule has 2 amide bonds. The van der Waals surface area contributed by atoms with Crippen LogP contribution < -0.4 is 16.0 Å². The number of carbonyl (C=O) groups excluding carboxylic acids is 1. The molecule has 22 heavy (non-hydrogen) atoms. The van der Waals surface area contributed by atoms with Crippen LogP contribution in [0.4, 0.5) is 10.6 Å². The van der Waals surface area contributed by atoms with Gasteiger partial charge in [-0.15, -0.1) is 11.3 Å². The van der Waals surface area contributed by atoms with E-state index in [4.69, 9.17) is 0 Å². The summed E-state index contributed by atoms with van der Waals surface area (Å²) in [5.74, 6) is 1.15. The topological polar surface area (TPSA) is 66.1 Å². The molecule has 2 rings (SSSR count). The third-order valence-corrected chi connectivity index (χ3v) is 4.14. The van der Waals surface area contributed by atoms with Crippen LogP contribution in [0.15, 0.2) is 41.9 Å². The number of hydrogen-bond acceptors (Lipinski definition) is 4. The molecule has 3 N–H and O–H groups in total. The fraction of sp³-hybridized carbons (Fsp3) is 0.375. The minimum absolute atomic E-state index is 0.0451. The van der Waals surface area contributed by atoms with Crippen molar-refractivity contribution in [3.05, 3.63) is 46.8 Å². The van der Waals surface area contributed by atoms with Crippen LogP contribution in [-0.2, 0) is 0 Å². The van der Waals surface area contributed by atoms with Crippen LogP contribution in [0.25, 0.3) is 0 Å². The summed E-state index contributed by atoms with van der Waals surface area (Å²) in [7, 11) is 0. The number of aromatic nitrogens is 1. The Hall–Kier alpha value is -2.08. The summed E-state index contributed by atoms with van der Waals surface area (Å²) in [6.07, 6.45) is 1.73. The molecule has 0 radical (unpaired) electrons. The van der Waals surface area contributed by atoms with Gasteiger partial charge in [0.15, 0.2) is 0 Å². The summed E-state index contributed by atoms with van der Waals surface area (Å²) in [5, 5.41) is 11.1. The minimum Gasteiger partial charge on any atom is -0.368 e. The van der Waals surface area contributed by atoms with Crippen molar-refractivity contribution >= 4 is 23.2 Å². The molecule has 2 aromatic rings. The van der Waals surface area contributed by atoms with Gasteiger partial charge in [0.05, 0.1) is 6.04 Å². The number of nitrogens with zero attached hydrogens (tertiary/aromatic N) is 1. The number of carbonyl (C=O) groups is 1. The molecule has 1 atom stereocenters. The maximum absolute atomic E-state index is 12.0. The second kappa shape index (κ2) is 8.38. The number of anilines is 1. The van der Waals surface area contributed by atoms with Gasteiger partial charge in [0, 0.05) is 24.2 Å². The van der Waals surface area contributed by atoms with Crippen molar-refractivity contribution in [2.24, 2.45) is 5.92 Å². The molecule has 5 nitrogen and oxygen atoms in total. The average Bonchev–Trinajstić information content (AvgIpc) is 3.04. The zero-order valence-corrected chi connectivity index (χ0v) is 13.7. The molecule has 0 aliphatic carbocycles. The maximum atomic E-state index is 12.0. The number of hydrogen-bond donors (Lipinski definition) is 3. The number of thiophene rings is 1. The summed E-state index contributed by atoms with van der Waals surface area (Å²) >= 11 is 1.66. The summed E-state index contributed by atoms with van der Waals surface area (Å²) in [6.45, 7) is 5.38. The van der Waals surface area contributed by atoms with Crippen molar-refractivity contribution < 1.29 is 4.79 Å². The molecule has 2 heterocycles. The van der Waals surface area contributed by atoms with Gasteiger partial charge in [-0.25, -0.2) is 9.78 Å². The summed E-state index contributed by atoms with van der Waals surface area (Å²) in [4.78, 5) is 17.3. The van der Waals surface area contributed by atoms with Crippen molar-refractivity contribution in [3.63, 3.8) is 0 Å². The van der Waals surface area contributed by atoms with E-state index in [9.17, 15) is 4.79 Å². The lowest BCUT2D eigenvalue weighted by Gasteiger charge is -2.21. The highest BCUT2D eigenvalue weighted by Gasteiger charge is 2.18. The van der Waals surface area contributed by atoms with Gasteiger partial charge in [-0.2, -0.15) is 0 Å². The van der Waals surface area contributed by atoms with Gasteiger partial charge in [0.2, 0.25) is 0 Å². The van der Waals surface area contributed by atoms with Crippen LogP contribution in [0.1, 0.15) is 24.8 Å². The summed E-state index contributed by atoms with van der Waals surface area (Å²) < 4.78 is 0. The Labute approximate surface area is 135 Å². The molecule has 0 aromatic carbocycles. The zero-order chi connectivity index (χ0) is 15.8. The normalized spacial score (nSPS) is 12.0. The van der Waals surface area contributed by atoms with Gasteiger partial charge in [0.25, 0.3) is 0 Å². The highest BCUT2D eigenvalue weighted by atomic mass is 32.1. The van der Waals surface area contributed by atoms with Gasteiger partial charge in [-0.1, -0.05) is 26.0 Å². The lowest BCUT2D eigenvalue weighted by Crippen LogP contribution is -2.41. The van der Waals surface area contributed by atoms with E-state index in [1.165, 1.54) is 4.88 Å². The van der Waals surface area contributed by atoms with Crippen LogP contribution in [0, 0.1) is 5.92 Å². The Kier molecular flexibility index (Phi) is 6.21. The summed E-state index contributed by atoms with van der Waals surface area (Å²) in [5.41, 5.74) is 0. The molecule has 0 aliphatic rings. The zero-order valence-electron chi connectivity index (χ0n) is 12.9. The van der Waals surface area contributed by atoms with E-state index >= 15 is 0 Å². The number of rotatable bonds is 7. The van der Waals surface area contributed by atoms with Gasteiger partial charge >= 0.3 is 6.03 Å². The Balaban J connectivity index is 1.73. The molecule has 0 fully saturated rings. The van der Waals surface area contributed by atoms with Crippen molar-refractivity contribution in [1.82, 2.24) is 15.6 Å². The first-order valence-electron chi connectivity index (χ1n) is 7.39. The van der Waals surface area contributed by atoms with Crippen molar-refractivity contribution in [2.75, 3.05) is 18.4 Å². The molecule has 6 heteroatoms. The van der Waals surface area contributed by atoms with Crippen LogP contribution in [0.2, 0.25) is 0 Å². The molecule has 0 unspecified atom stereocenters. The second-order valence-corrected chi connectivity index (χ2v) is 6.26. The first-order chi connectivity index (χ1) is 10.7. The van der Waals surface area contributed by atoms with Gasteiger partial charge in [-0.05, 0) is 29.5 Å². The number of pyridine rings is 1. The third-order valence-electron chi connectivity index (χ3n) is 3.18. The number of nitrogens with one attached hydrogen (secondary N) is 3. The average molecular weight is 318 g/mol. The standard InChI is InChI=1S/C16H22N4OS/c1-12(2)15(13-6-5-11-22-13)20-16(21)19-10-9-18-14-7-3-4-8-17-14/h3-8,11-12,15H,9-10H2,1-2H3,(H,17,18)(H2,19,20,21)/t15-/m0/s1. The van der Waals surface area contributed by atoms with Crippen molar-refractivity contribution in [2.45, 2.75) is 19.9 Å². The van der Waals surface area contributed by atoms with E-state index in [0.29, 0.717) is 19.0 Å². The SMILES string of the molecule is CC(C)[C@H](NC(=O)NCCNc1ccccn1)c1cccs1. The molecule has 0 spiro atoms. The van der Waals surface area contributed by atoms with E-state index in [-0.39, 0.29) is 12.1 Å². The predicted molar refractivity (Wildman–Crippen MR) is 91.2 cm³/mol. The highest BCUT2D eigenvalue weighted by molar-refractivity contribution is 7.10. The van der Waals surface area contributed by atoms with Crippen molar-refractivity contribution in [1.29, 1.82) is 0 Å². The lowest BCUT2D eigenvalue weighted by atomic mass is 10.0. The van der Waals surface area contributed by atoms with Gasteiger partial charge < -0.3 is 16.0 Å². The maximum Gasteiger partial charge on any atom is 0.315 e. The summed E-state index contributed by atoms with van der Waals surface area (Å²) in [6, 6.07) is 9.64. The monoisotopic (exact) mass is 318 g/mol. The van der Waals surface area contributed by atoms with Crippen molar-refractivity contribution in [3.8, 4) is 0 Å². The Morgan fingerprint density at radius 3 is 2.73 bits per heavy atom. The van der Waals surface area contributed by atoms with Gasteiger partial charge in [-0.3, -0.25) is 0 Å². The first kappa shape index (κ1) is 16.3. The van der Waals surface area contributed by atoms with E-state index in [2.05, 4.69) is 40.8 Å². The number of urea groups is 1. The molecule has 118 valence electrons. The Morgan fingerprint density at radius 1 is 1.23 bits per heavy atom. The lowest BCUT2D eigenvalue weighted by molar-refractivity contribution is 0.234. The fourth-order valence-electron chi connectivity index (χ4n) is 2.06. The Morgan fingerprint density at radius 2 is 2.09 bits per heavy atom. The second-order valence-electron chi connectivity index (χ2n) is 5.28. The first-order valence-corrected chi connectivity index (χ1v) is 8.27. The van der Waals surface area contributed by atoms with Crippen LogP contribution in [0.5, 0.6) is 0 Å². The third kappa shape index (κ3) is 5.04. The van der Waals surface area contributed by atoms with Gasteiger partial charge in [0.1, 0.15) is 5.82 Å². The number of amides is 2. The molecule has 0 bridgehead atoms. The molecule has 0 saturated heterocycles. The van der Waals surface area contributed by atoms with Crippen LogP contribution in [-0.4, -0.2) is 24.1 Å². The highest BCUT2D eigenvalue weighted by Crippen LogP contribution is 2.25.